The third-order valence-electron chi connectivity index (χ3n) is 4.87. The van der Waals surface area contributed by atoms with Crippen molar-refractivity contribution in [3.63, 3.8) is 0 Å². The number of likely N-dealkylation sites (N-methyl/N-ethyl adjacent to an activating group) is 1. The van der Waals surface area contributed by atoms with Crippen LogP contribution in [0.15, 0.2) is 30.3 Å². The Bertz CT molecular complexity index is 1100. The minimum absolute atomic E-state index is 0.0318. The lowest BCUT2D eigenvalue weighted by Crippen LogP contribution is -2.46. The first kappa shape index (κ1) is 22.0. The molecule has 1 aromatic heterocycles. The fraction of sp³-hybridized carbons (Fsp3) is 0.368. The van der Waals surface area contributed by atoms with Gasteiger partial charge in [-0.1, -0.05) is 0 Å². The Labute approximate surface area is 171 Å². The number of benzene rings is 1. The second kappa shape index (κ2) is 7.53. The molecule has 1 saturated heterocycles. The van der Waals surface area contributed by atoms with Crippen LogP contribution >= 0.6 is 0 Å². The molecule has 0 saturated carbocycles. The highest BCUT2D eigenvalue weighted by Gasteiger charge is 2.44. The summed E-state index contributed by atoms with van der Waals surface area (Å²) in [5, 5.41) is 0. The minimum atomic E-state index is -4.70. The summed E-state index contributed by atoms with van der Waals surface area (Å²) in [5.74, 6) is -1.98. The SMILES string of the molecule is Cc1cc(C(F)(F)F)cc(N2[C@H](C(=O)N(C)c3ccc(F)c(C)c3)CCS2(=O)=O)n1. The van der Waals surface area contributed by atoms with E-state index < -0.39 is 51.1 Å². The molecule has 0 unspecified atom stereocenters. The first-order valence-corrected chi connectivity index (χ1v) is 10.5. The average Bonchev–Trinajstić information content (AvgIpc) is 2.96. The Morgan fingerprint density at radius 3 is 2.47 bits per heavy atom. The number of halogens is 4. The summed E-state index contributed by atoms with van der Waals surface area (Å²) in [6.45, 7) is 2.82. The summed E-state index contributed by atoms with van der Waals surface area (Å²) < 4.78 is 79.0. The van der Waals surface area contributed by atoms with E-state index in [0.717, 1.165) is 11.0 Å². The van der Waals surface area contributed by atoms with Crippen LogP contribution in [0.3, 0.4) is 0 Å². The average molecular weight is 445 g/mol. The van der Waals surface area contributed by atoms with Crippen molar-refractivity contribution in [1.82, 2.24) is 4.98 Å². The Morgan fingerprint density at radius 1 is 1.20 bits per heavy atom. The van der Waals surface area contributed by atoms with Crippen molar-refractivity contribution in [2.24, 2.45) is 0 Å². The molecule has 3 rings (SSSR count). The number of anilines is 2. The van der Waals surface area contributed by atoms with E-state index in [-0.39, 0.29) is 12.1 Å². The number of nitrogens with zero attached hydrogens (tertiary/aromatic N) is 3. The molecule has 1 aromatic carbocycles. The van der Waals surface area contributed by atoms with Crippen molar-refractivity contribution in [1.29, 1.82) is 0 Å². The molecule has 1 amide bonds. The number of hydrogen-bond donors (Lipinski definition) is 0. The number of amides is 1. The van der Waals surface area contributed by atoms with Crippen LogP contribution in [0.1, 0.15) is 23.2 Å². The van der Waals surface area contributed by atoms with Crippen LogP contribution in [0.25, 0.3) is 0 Å². The second-order valence-electron chi connectivity index (χ2n) is 7.10. The second-order valence-corrected chi connectivity index (χ2v) is 9.07. The molecule has 6 nitrogen and oxygen atoms in total. The molecule has 1 aliphatic heterocycles. The molecule has 2 aromatic rings. The minimum Gasteiger partial charge on any atom is -0.314 e. The third-order valence-corrected chi connectivity index (χ3v) is 6.66. The summed E-state index contributed by atoms with van der Waals surface area (Å²) in [7, 11) is -2.66. The Balaban J connectivity index is 2.02. The molecular weight excluding hydrogens is 426 g/mol. The zero-order valence-electron chi connectivity index (χ0n) is 16.4. The number of hydrogen-bond acceptors (Lipinski definition) is 4. The van der Waals surface area contributed by atoms with E-state index in [2.05, 4.69) is 4.98 Å². The predicted octanol–water partition coefficient (Wildman–Crippen LogP) is 3.43. The van der Waals surface area contributed by atoms with Crippen molar-refractivity contribution in [3.8, 4) is 0 Å². The van der Waals surface area contributed by atoms with Gasteiger partial charge in [0.05, 0.1) is 11.3 Å². The topological polar surface area (TPSA) is 70.6 Å². The highest BCUT2D eigenvalue weighted by atomic mass is 32.2. The lowest BCUT2D eigenvalue weighted by atomic mass is 10.1. The van der Waals surface area contributed by atoms with E-state index in [4.69, 9.17) is 0 Å². The number of carbonyl (C=O) groups is 1. The van der Waals surface area contributed by atoms with Crippen LogP contribution in [-0.4, -0.2) is 38.2 Å². The van der Waals surface area contributed by atoms with E-state index >= 15 is 0 Å². The number of carbonyl (C=O) groups excluding carboxylic acids is 1. The van der Waals surface area contributed by atoms with Crippen molar-refractivity contribution in [2.75, 3.05) is 22.0 Å². The van der Waals surface area contributed by atoms with E-state index in [1.807, 2.05) is 0 Å². The molecule has 1 atom stereocenters. The quantitative estimate of drug-likeness (QED) is 0.679. The number of pyridine rings is 1. The summed E-state index contributed by atoms with van der Waals surface area (Å²) in [6, 6.07) is 4.12. The fourth-order valence-electron chi connectivity index (χ4n) is 3.31. The Morgan fingerprint density at radius 2 is 1.87 bits per heavy atom. The first-order chi connectivity index (χ1) is 13.8. The summed E-state index contributed by atoms with van der Waals surface area (Å²) in [5.41, 5.74) is -0.467. The van der Waals surface area contributed by atoms with E-state index in [9.17, 15) is 30.8 Å². The predicted molar refractivity (Wildman–Crippen MR) is 103 cm³/mol. The normalized spacial score (nSPS) is 18.5. The van der Waals surface area contributed by atoms with Gasteiger partial charge in [0.1, 0.15) is 17.7 Å². The third kappa shape index (κ3) is 4.11. The van der Waals surface area contributed by atoms with Gasteiger partial charge >= 0.3 is 6.18 Å². The van der Waals surface area contributed by atoms with Crippen LogP contribution < -0.4 is 9.21 Å². The molecule has 30 heavy (non-hydrogen) atoms. The van der Waals surface area contributed by atoms with Crippen molar-refractivity contribution in [2.45, 2.75) is 32.5 Å². The molecule has 162 valence electrons. The number of alkyl halides is 3. The molecule has 11 heteroatoms. The Kier molecular flexibility index (Phi) is 5.52. The number of rotatable bonds is 3. The first-order valence-electron chi connectivity index (χ1n) is 8.93. The van der Waals surface area contributed by atoms with E-state index in [0.29, 0.717) is 21.6 Å². The van der Waals surface area contributed by atoms with Crippen molar-refractivity contribution >= 4 is 27.4 Å². The largest absolute Gasteiger partial charge is 0.416 e. The van der Waals surface area contributed by atoms with Crippen LogP contribution in [-0.2, 0) is 21.0 Å². The highest BCUT2D eigenvalue weighted by molar-refractivity contribution is 7.93. The van der Waals surface area contributed by atoms with Gasteiger partial charge in [-0.2, -0.15) is 13.2 Å². The van der Waals surface area contributed by atoms with Crippen molar-refractivity contribution < 1.29 is 30.8 Å². The Hall–Kier alpha value is -2.69. The maximum atomic E-state index is 13.5. The van der Waals surface area contributed by atoms with Crippen LogP contribution in [0.4, 0.5) is 29.1 Å². The zero-order chi connectivity index (χ0) is 22.4. The molecule has 0 aliphatic carbocycles. The highest BCUT2D eigenvalue weighted by Crippen LogP contribution is 2.35. The summed E-state index contributed by atoms with van der Waals surface area (Å²) in [6.07, 6.45) is -4.81. The molecule has 0 N–H and O–H groups in total. The standard InChI is InChI=1S/C19H19F4N3O3S/c1-11-8-14(4-5-15(11)20)25(3)18(27)16-6-7-30(28,29)26(16)17-10-13(19(21,22)23)9-12(2)24-17/h4-5,8-10,16H,6-7H2,1-3H3/t16-/m0/s1. The molecule has 2 heterocycles. The van der Waals surface area contributed by atoms with Gasteiger partial charge in [0, 0.05) is 18.4 Å². The van der Waals surface area contributed by atoms with E-state index in [1.54, 1.807) is 0 Å². The van der Waals surface area contributed by atoms with Gasteiger partial charge in [-0.25, -0.2) is 22.1 Å². The van der Waals surface area contributed by atoms with Gasteiger partial charge in [0.15, 0.2) is 0 Å². The summed E-state index contributed by atoms with van der Waals surface area (Å²) >= 11 is 0. The lowest BCUT2D eigenvalue weighted by molar-refractivity contribution is -0.137. The van der Waals surface area contributed by atoms with Gasteiger partial charge in [0.2, 0.25) is 10.0 Å². The monoisotopic (exact) mass is 445 g/mol. The fourth-order valence-corrected chi connectivity index (χ4v) is 4.99. The number of sulfonamides is 1. The summed E-state index contributed by atoms with van der Waals surface area (Å²) in [4.78, 5) is 18.2. The zero-order valence-corrected chi connectivity index (χ0v) is 17.2. The van der Waals surface area contributed by atoms with Crippen LogP contribution in [0.5, 0.6) is 0 Å². The van der Waals surface area contributed by atoms with Crippen LogP contribution in [0.2, 0.25) is 0 Å². The van der Waals surface area contributed by atoms with Crippen molar-refractivity contribution in [3.05, 3.63) is 53.0 Å². The van der Waals surface area contributed by atoms with E-state index in [1.165, 1.54) is 39.1 Å². The van der Waals surface area contributed by atoms with Crippen LogP contribution in [0, 0.1) is 19.7 Å². The maximum absolute atomic E-state index is 13.5. The molecule has 0 spiro atoms. The number of aromatic nitrogens is 1. The van der Waals surface area contributed by atoms with Gasteiger partial charge in [-0.3, -0.25) is 4.79 Å². The number of aryl methyl sites for hydroxylation is 2. The smallest absolute Gasteiger partial charge is 0.314 e. The lowest BCUT2D eigenvalue weighted by Gasteiger charge is -2.28. The van der Waals surface area contributed by atoms with Gasteiger partial charge in [-0.05, 0) is 56.2 Å². The van der Waals surface area contributed by atoms with Gasteiger partial charge in [0.25, 0.3) is 5.91 Å². The molecule has 1 fully saturated rings. The molecule has 0 radical (unpaired) electrons. The van der Waals surface area contributed by atoms with Gasteiger partial charge in [-0.15, -0.1) is 0 Å². The molecule has 0 bridgehead atoms. The van der Waals surface area contributed by atoms with Gasteiger partial charge < -0.3 is 4.90 Å². The molecule has 1 aliphatic rings. The maximum Gasteiger partial charge on any atom is 0.416 e. The molecular formula is C19H19F4N3O3S.